The minimum absolute atomic E-state index is 0.00101. The van der Waals surface area contributed by atoms with Gasteiger partial charge in [-0.1, -0.05) is 61.4 Å². The van der Waals surface area contributed by atoms with E-state index < -0.39 is 11.5 Å². The van der Waals surface area contributed by atoms with E-state index in [0.29, 0.717) is 25.1 Å². The van der Waals surface area contributed by atoms with Crippen LogP contribution in [0.2, 0.25) is 0 Å². The third-order valence-corrected chi connectivity index (χ3v) is 6.82. The molecule has 0 aromatic heterocycles. The molecule has 0 unspecified atom stereocenters. The molecule has 1 spiro atoms. The number of nitrogens with zero attached hydrogens (tertiary/aromatic N) is 1. The van der Waals surface area contributed by atoms with Crippen molar-refractivity contribution in [2.45, 2.75) is 56.5 Å². The van der Waals surface area contributed by atoms with Crippen molar-refractivity contribution < 1.29 is 19.1 Å². The summed E-state index contributed by atoms with van der Waals surface area (Å²) in [7, 11) is 1.36. The summed E-state index contributed by atoms with van der Waals surface area (Å²) in [6.45, 7) is 0.884. The molecule has 0 radical (unpaired) electrons. The van der Waals surface area contributed by atoms with Gasteiger partial charge in [0, 0.05) is 25.1 Å². The number of carbonyl (C=O) groups excluding carboxylic acids is 3. The van der Waals surface area contributed by atoms with E-state index in [1.54, 1.807) is 0 Å². The number of carbonyl (C=O) groups is 3. The topological polar surface area (TPSA) is 75.7 Å². The Kier molecular flexibility index (Phi) is 6.58. The van der Waals surface area contributed by atoms with Crippen molar-refractivity contribution in [2.24, 2.45) is 0 Å². The lowest BCUT2D eigenvalue weighted by Crippen LogP contribution is -2.60. The predicted molar refractivity (Wildman–Crippen MR) is 121 cm³/mol. The standard InChI is InChI=1S/C26H30N2O4/c1-32-22(29)14-9-17-27-24(30)23-20-12-5-6-13-21(20)25(31)28(26(23)15-7-8-16-26)18-19-10-3-2-4-11-19/h2-6,10-13,23H,7-9,14-18H2,1H3,(H,27,30)/t23-/m1/s1. The van der Waals surface area contributed by atoms with Crippen molar-refractivity contribution in [1.82, 2.24) is 10.2 Å². The van der Waals surface area contributed by atoms with Gasteiger partial charge in [0.1, 0.15) is 0 Å². The summed E-state index contributed by atoms with van der Waals surface area (Å²) in [4.78, 5) is 40.6. The maximum atomic E-state index is 13.7. The number of benzene rings is 2. The molecule has 6 nitrogen and oxygen atoms in total. The molecule has 0 bridgehead atoms. The van der Waals surface area contributed by atoms with Gasteiger partial charge in [0.15, 0.2) is 0 Å². The molecule has 1 N–H and O–H groups in total. The van der Waals surface area contributed by atoms with Crippen molar-refractivity contribution >= 4 is 17.8 Å². The summed E-state index contributed by atoms with van der Waals surface area (Å²) in [6.07, 6.45) is 4.38. The quantitative estimate of drug-likeness (QED) is 0.531. The van der Waals surface area contributed by atoms with Crippen molar-refractivity contribution in [3.8, 4) is 0 Å². The van der Waals surface area contributed by atoms with Crippen LogP contribution >= 0.6 is 0 Å². The lowest BCUT2D eigenvalue weighted by molar-refractivity contribution is -0.140. The van der Waals surface area contributed by atoms with Crippen LogP contribution in [0.5, 0.6) is 0 Å². The van der Waals surface area contributed by atoms with Crippen molar-refractivity contribution in [2.75, 3.05) is 13.7 Å². The van der Waals surface area contributed by atoms with E-state index in [9.17, 15) is 14.4 Å². The van der Waals surface area contributed by atoms with E-state index >= 15 is 0 Å². The number of esters is 1. The molecule has 1 fully saturated rings. The zero-order valence-corrected chi connectivity index (χ0v) is 18.5. The zero-order valence-electron chi connectivity index (χ0n) is 18.5. The molecule has 1 heterocycles. The van der Waals surface area contributed by atoms with Gasteiger partial charge in [-0.3, -0.25) is 14.4 Å². The smallest absolute Gasteiger partial charge is 0.305 e. The third-order valence-electron chi connectivity index (χ3n) is 6.82. The van der Waals surface area contributed by atoms with Gasteiger partial charge in [0.25, 0.3) is 5.91 Å². The van der Waals surface area contributed by atoms with Gasteiger partial charge >= 0.3 is 5.97 Å². The Balaban J connectivity index is 1.66. The van der Waals surface area contributed by atoms with Crippen LogP contribution in [-0.2, 0) is 20.9 Å². The molecule has 2 amide bonds. The fraction of sp³-hybridized carbons (Fsp3) is 0.423. The largest absolute Gasteiger partial charge is 0.469 e. The number of amides is 2. The molecule has 2 aromatic carbocycles. The summed E-state index contributed by atoms with van der Waals surface area (Å²) in [5, 5.41) is 3.04. The van der Waals surface area contributed by atoms with Crippen LogP contribution < -0.4 is 5.32 Å². The molecule has 168 valence electrons. The first-order valence-corrected chi connectivity index (χ1v) is 11.4. The van der Waals surface area contributed by atoms with Gasteiger partial charge in [0.2, 0.25) is 5.91 Å². The normalized spacial score (nSPS) is 19.0. The van der Waals surface area contributed by atoms with Crippen LogP contribution in [0.1, 0.15) is 65.9 Å². The Morgan fingerprint density at radius 1 is 1.06 bits per heavy atom. The van der Waals surface area contributed by atoms with Crippen LogP contribution in [0.15, 0.2) is 54.6 Å². The number of ether oxygens (including phenoxy) is 1. The summed E-state index contributed by atoms with van der Waals surface area (Å²) in [5.74, 6) is -0.786. The van der Waals surface area contributed by atoms with Crippen LogP contribution in [0, 0.1) is 0 Å². The van der Waals surface area contributed by atoms with E-state index in [1.165, 1.54) is 7.11 Å². The van der Waals surface area contributed by atoms with Crippen LogP contribution in [0.4, 0.5) is 0 Å². The van der Waals surface area contributed by atoms with Gasteiger partial charge in [0.05, 0.1) is 18.6 Å². The highest BCUT2D eigenvalue weighted by molar-refractivity contribution is 6.02. The Hall–Kier alpha value is -3.15. The summed E-state index contributed by atoms with van der Waals surface area (Å²) < 4.78 is 4.68. The van der Waals surface area contributed by atoms with E-state index in [4.69, 9.17) is 0 Å². The first-order valence-electron chi connectivity index (χ1n) is 11.4. The fourth-order valence-electron chi connectivity index (χ4n) is 5.31. The Bertz CT molecular complexity index is 982. The van der Waals surface area contributed by atoms with E-state index in [0.717, 1.165) is 36.8 Å². The second-order valence-electron chi connectivity index (χ2n) is 8.68. The average molecular weight is 435 g/mol. The van der Waals surface area contributed by atoms with Crippen LogP contribution in [0.25, 0.3) is 0 Å². The van der Waals surface area contributed by atoms with Crippen molar-refractivity contribution in [1.29, 1.82) is 0 Å². The maximum absolute atomic E-state index is 13.7. The molecule has 2 aromatic rings. The second-order valence-corrected chi connectivity index (χ2v) is 8.68. The second kappa shape index (κ2) is 9.55. The molecule has 1 aliphatic carbocycles. The van der Waals surface area contributed by atoms with E-state index in [2.05, 4.69) is 10.1 Å². The van der Waals surface area contributed by atoms with Gasteiger partial charge in [-0.25, -0.2) is 0 Å². The fourth-order valence-corrected chi connectivity index (χ4v) is 5.31. The first-order chi connectivity index (χ1) is 15.6. The maximum Gasteiger partial charge on any atom is 0.305 e. The number of hydrogen-bond donors (Lipinski definition) is 1. The van der Waals surface area contributed by atoms with Crippen LogP contribution in [-0.4, -0.2) is 41.9 Å². The molecule has 1 aliphatic heterocycles. The number of rotatable bonds is 7. The zero-order chi connectivity index (χ0) is 22.6. The van der Waals surface area contributed by atoms with Crippen molar-refractivity contribution in [3.05, 3.63) is 71.3 Å². The summed E-state index contributed by atoms with van der Waals surface area (Å²) in [6, 6.07) is 17.5. The monoisotopic (exact) mass is 434 g/mol. The average Bonchev–Trinajstić information content (AvgIpc) is 3.30. The van der Waals surface area contributed by atoms with Gasteiger partial charge in [-0.15, -0.1) is 0 Å². The summed E-state index contributed by atoms with van der Waals surface area (Å²) in [5.41, 5.74) is 1.95. The molecule has 32 heavy (non-hydrogen) atoms. The SMILES string of the molecule is COC(=O)CCCNC(=O)[C@H]1c2ccccc2C(=O)N(Cc2ccccc2)C12CCCC2. The lowest BCUT2D eigenvalue weighted by atomic mass is 9.71. The van der Waals surface area contributed by atoms with E-state index in [-0.39, 0.29) is 24.2 Å². The molecule has 2 aliphatic rings. The lowest BCUT2D eigenvalue weighted by Gasteiger charge is -2.50. The highest BCUT2D eigenvalue weighted by atomic mass is 16.5. The van der Waals surface area contributed by atoms with Gasteiger partial charge in [-0.2, -0.15) is 0 Å². The molecular formula is C26H30N2O4. The Morgan fingerprint density at radius 2 is 1.75 bits per heavy atom. The highest BCUT2D eigenvalue weighted by Crippen LogP contribution is 2.50. The minimum atomic E-state index is -0.534. The highest BCUT2D eigenvalue weighted by Gasteiger charge is 2.55. The predicted octanol–water partition coefficient (Wildman–Crippen LogP) is 3.81. The number of hydrogen-bond acceptors (Lipinski definition) is 4. The first kappa shape index (κ1) is 22.1. The van der Waals surface area contributed by atoms with Crippen LogP contribution in [0.3, 0.4) is 0 Å². The van der Waals surface area contributed by atoms with Gasteiger partial charge in [-0.05, 0) is 36.5 Å². The molecule has 4 rings (SSSR count). The number of nitrogens with one attached hydrogen (secondary N) is 1. The Labute approximate surface area is 188 Å². The van der Waals surface area contributed by atoms with Crippen molar-refractivity contribution in [3.63, 3.8) is 0 Å². The number of fused-ring (bicyclic) bond motifs is 1. The summed E-state index contributed by atoms with van der Waals surface area (Å²) >= 11 is 0. The molecule has 1 saturated carbocycles. The minimum Gasteiger partial charge on any atom is -0.469 e. The molecule has 1 atom stereocenters. The molecular weight excluding hydrogens is 404 g/mol. The van der Waals surface area contributed by atoms with Gasteiger partial charge < -0.3 is 15.0 Å². The number of methoxy groups -OCH3 is 1. The molecule has 6 heteroatoms. The van der Waals surface area contributed by atoms with E-state index in [1.807, 2.05) is 59.5 Å². The molecule has 0 saturated heterocycles. The third kappa shape index (κ3) is 4.14. The Morgan fingerprint density at radius 3 is 2.47 bits per heavy atom.